The quantitative estimate of drug-likeness (QED) is 0.855. The molecule has 0 amide bonds. The van der Waals surface area contributed by atoms with Gasteiger partial charge in [0.1, 0.15) is 10.7 Å². The number of rotatable bonds is 5. The number of aryl methyl sites for hydroxylation is 1. The average molecular weight is 281 g/mol. The zero-order chi connectivity index (χ0) is 13.9. The smallest absolute Gasteiger partial charge is 0.263 e. The van der Waals surface area contributed by atoms with E-state index in [4.69, 9.17) is 0 Å². The zero-order valence-corrected chi connectivity index (χ0v) is 11.5. The van der Waals surface area contributed by atoms with E-state index in [1.807, 2.05) is 6.92 Å². The molecule has 0 bridgehead atoms. The standard InChI is InChI=1S/C11H15N5O2S/c1-3-12-11-5-4-10(7-13-11)19(17,18)15-9-6-14-16(2)8-9/h4-8,15H,3H2,1-2H3,(H,12,13). The lowest BCUT2D eigenvalue weighted by molar-refractivity contribution is 0.601. The van der Waals surface area contributed by atoms with Crippen molar-refractivity contribution in [3.8, 4) is 0 Å². The summed E-state index contributed by atoms with van der Waals surface area (Å²) >= 11 is 0. The lowest BCUT2D eigenvalue weighted by atomic mass is 10.4. The van der Waals surface area contributed by atoms with Crippen LogP contribution in [0.4, 0.5) is 11.5 Å². The molecule has 0 aromatic carbocycles. The van der Waals surface area contributed by atoms with Crippen LogP contribution in [0.25, 0.3) is 0 Å². The Morgan fingerprint density at radius 2 is 2.11 bits per heavy atom. The van der Waals surface area contributed by atoms with Crippen molar-refractivity contribution in [2.75, 3.05) is 16.6 Å². The second-order valence-electron chi connectivity index (χ2n) is 3.92. The summed E-state index contributed by atoms with van der Waals surface area (Å²) in [5, 5.41) is 6.90. The van der Waals surface area contributed by atoms with Crippen molar-refractivity contribution in [3.63, 3.8) is 0 Å². The van der Waals surface area contributed by atoms with Gasteiger partial charge in [-0.05, 0) is 19.1 Å². The molecule has 0 aliphatic carbocycles. The summed E-state index contributed by atoms with van der Waals surface area (Å²) in [6.07, 6.45) is 4.34. The number of nitrogens with zero attached hydrogens (tertiary/aromatic N) is 3. The maximum atomic E-state index is 12.1. The number of hydrogen-bond acceptors (Lipinski definition) is 5. The van der Waals surface area contributed by atoms with Crippen LogP contribution in [0, 0.1) is 0 Å². The van der Waals surface area contributed by atoms with Crippen LogP contribution in [-0.2, 0) is 17.1 Å². The summed E-state index contributed by atoms with van der Waals surface area (Å²) < 4.78 is 28.1. The van der Waals surface area contributed by atoms with Crippen LogP contribution in [0.3, 0.4) is 0 Å². The van der Waals surface area contributed by atoms with E-state index in [9.17, 15) is 8.42 Å². The van der Waals surface area contributed by atoms with E-state index in [-0.39, 0.29) is 4.90 Å². The Kier molecular flexibility index (Phi) is 3.70. The van der Waals surface area contributed by atoms with Gasteiger partial charge in [-0.1, -0.05) is 0 Å². The minimum Gasteiger partial charge on any atom is -0.370 e. The molecule has 2 aromatic rings. The van der Waals surface area contributed by atoms with Crippen molar-refractivity contribution in [2.45, 2.75) is 11.8 Å². The van der Waals surface area contributed by atoms with Crippen LogP contribution in [0.1, 0.15) is 6.92 Å². The third kappa shape index (κ3) is 3.22. The third-order valence-electron chi connectivity index (χ3n) is 2.36. The van der Waals surface area contributed by atoms with Gasteiger partial charge in [0, 0.05) is 26.0 Å². The number of hydrogen-bond donors (Lipinski definition) is 2. The second kappa shape index (κ2) is 5.27. The van der Waals surface area contributed by atoms with Gasteiger partial charge < -0.3 is 5.32 Å². The van der Waals surface area contributed by atoms with Crippen molar-refractivity contribution in [1.29, 1.82) is 0 Å². The number of nitrogens with one attached hydrogen (secondary N) is 2. The molecular formula is C11H15N5O2S. The molecule has 0 unspecified atom stereocenters. The van der Waals surface area contributed by atoms with Gasteiger partial charge in [-0.3, -0.25) is 9.40 Å². The predicted molar refractivity (Wildman–Crippen MR) is 72.4 cm³/mol. The van der Waals surface area contributed by atoms with E-state index >= 15 is 0 Å². The van der Waals surface area contributed by atoms with Crippen LogP contribution in [0.15, 0.2) is 35.6 Å². The maximum Gasteiger partial charge on any atom is 0.263 e. The first-order chi connectivity index (χ1) is 9.01. The van der Waals surface area contributed by atoms with Crippen LogP contribution in [0.2, 0.25) is 0 Å². The molecule has 0 atom stereocenters. The number of aromatic nitrogens is 3. The zero-order valence-electron chi connectivity index (χ0n) is 10.7. The van der Waals surface area contributed by atoms with E-state index in [2.05, 4.69) is 20.1 Å². The van der Waals surface area contributed by atoms with Gasteiger partial charge in [0.2, 0.25) is 0 Å². The lowest BCUT2D eigenvalue weighted by Gasteiger charge is -2.06. The van der Waals surface area contributed by atoms with Crippen molar-refractivity contribution < 1.29 is 8.42 Å². The number of sulfonamides is 1. The molecule has 0 aliphatic rings. The molecular weight excluding hydrogens is 266 g/mol. The highest BCUT2D eigenvalue weighted by Crippen LogP contribution is 2.15. The Balaban J connectivity index is 2.19. The first kappa shape index (κ1) is 13.3. The van der Waals surface area contributed by atoms with Crippen molar-refractivity contribution in [3.05, 3.63) is 30.7 Å². The molecule has 0 saturated heterocycles. The molecule has 19 heavy (non-hydrogen) atoms. The highest BCUT2D eigenvalue weighted by molar-refractivity contribution is 7.92. The van der Waals surface area contributed by atoms with Gasteiger partial charge in [-0.2, -0.15) is 5.10 Å². The maximum absolute atomic E-state index is 12.1. The summed E-state index contributed by atoms with van der Waals surface area (Å²) in [5.74, 6) is 0.642. The number of anilines is 2. The minimum atomic E-state index is -3.63. The molecule has 2 N–H and O–H groups in total. The van der Waals surface area contributed by atoms with E-state index in [1.165, 1.54) is 23.1 Å². The molecule has 7 nitrogen and oxygen atoms in total. The molecule has 0 fully saturated rings. The molecule has 2 heterocycles. The van der Waals surface area contributed by atoms with Crippen LogP contribution in [-0.4, -0.2) is 29.7 Å². The Hall–Kier alpha value is -2.09. The van der Waals surface area contributed by atoms with Gasteiger partial charge in [0.15, 0.2) is 0 Å². The summed E-state index contributed by atoms with van der Waals surface area (Å²) in [7, 11) is -1.91. The topological polar surface area (TPSA) is 88.9 Å². The largest absolute Gasteiger partial charge is 0.370 e. The Morgan fingerprint density at radius 3 is 2.63 bits per heavy atom. The van der Waals surface area contributed by atoms with E-state index < -0.39 is 10.0 Å². The first-order valence-corrected chi connectivity index (χ1v) is 7.21. The van der Waals surface area contributed by atoms with Gasteiger partial charge in [-0.25, -0.2) is 13.4 Å². The van der Waals surface area contributed by atoms with E-state index in [1.54, 1.807) is 19.3 Å². The number of pyridine rings is 1. The molecule has 0 radical (unpaired) electrons. The fourth-order valence-electron chi connectivity index (χ4n) is 1.51. The Bertz CT molecular complexity index is 648. The predicted octanol–water partition coefficient (Wildman–Crippen LogP) is 1.05. The van der Waals surface area contributed by atoms with E-state index in [0.29, 0.717) is 11.5 Å². The summed E-state index contributed by atoms with van der Waals surface area (Å²) in [5.41, 5.74) is 0.415. The van der Waals surface area contributed by atoms with Gasteiger partial charge in [-0.15, -0.1) is 0 Å². The molecule has 8 heteroatoms. The normalized spacial score (nSPS) is 11.3. The summed E-state index contributed by atoms with van der Waals surface area (Å²) in [4.78, 5) is 4.14. The molecule has 2 rings (SSSR count). The van der Waals surface area contributed by atoms with Crippen molar-refractivity contribution in [1.82, 2.24) is 14.8 Å². The monoisotopic (exact) mass is 281 g/mol. The first-order valence-electron chi connectivity index (χ1n) is 5.72. The average Bonchev–Trinajstić information content (AvgIpc) is 2.75. The van der Waals surface area contributed by atoms with Crippen LogP contribution >= 0.6 is 0 Å². The van der Waals surface area contributed by atoms with Gasteiger partial charge >= 0.3 is 0 Å². The highest BCUT2D eigenvalue weighted by Gasteiger charge is 2.15. The van der Waals surface area contributed by atoms with Gasteiger partial charge in [0.25, 0.3) is 10.0 Å². The lowest BCUT2D eigenvalue weighted by Crippen LogP contribution is -2.13. The Morgan fingerprint density at radius 1 is 1.32 bits per heavy atom. The summed E-state index contributed by atoms with van der Waals surface area (Å²) in [6.45, 7) is 2.67. The molecule has 0 spiro atoms. The third-order valence-corrected chi connectivity index (χ3v) is 3.73. The molecule has 0 saturated carbocycles. The summed E-state index contributed by atoms with van der Waals surface area (Å²) in [6, 6.07) is 3.13. The highest BCUT2D eigenvalue weighted by atomic mass is 32.2. The SMILES string of the molecule is CCNc1ccc(S(=O)(=O)Nc2cnn(C)c2)cn1. The fraction of sp³-hybridized carbons (Fsp3) is 0.273. The Labute approximate surface area is 111 Å². The van der Waals surface area contributed by atoms with Gasteiger partial charge in [0.05, 0.1) is 11.9 Å². The molecule has 2 aromatic heterocycles. The minimum absolute atomic E-state index is 0.109. The van der Waals surface area contributed by atoms with Crippen molar-refractivity contribution in [2.24, 2.45) is 7.05 Å². The molecule has 102 valence electrons. The van der Waals surface area contributed by atoms with Crippen LogP contribution in [0.5, 0.6) is 0 Å². The van der Waals surface area contributed by atoms with Crippen LogP contribution < -0.4 is 10.0 Å². The second-order valence-corrected chi connectivity index (χ2v) is 5.60. The van der Waals surface area contributed by atoms with E-state index in [0.717, 1.165) is 6.54 Å². The molecule has 0 aliphatic heterocycles. The fourth-order valence-corrected chi connectivity index (χ4v) is 2.49. The van der Waals surface area contributed by atoms with Crippen molar-refractivity contribution >= 4 is 21.5 Å².